The van der Waals surface area contributed by atoms with Crippen molar-refractivity contribution in [3.63, 3.8) is 0 Å². The van der Waals surface area contributed by atoms with E-state index >= 15 is 0 Å². The SMILES string of the molecule is CCCNC(=O)CN(CCC)CC(=O)Nc1c(C)cccc1CC. The molecule has 0 aliphatic carbocycles. The van der Waals surface area contributed by atoms with E-state index in [-0.39, 0.29) is 24.9 Å². The molecule has 5 heteroatoms. The van der Waals surface area contributed by atoms with Crippen LogP contribution in [-0.2, 0) is 16.0 Å². The first kappa shape index (κ1) is 20.2. The molecule has 0 bridgehead atoms. The van der Waals surface area contributed by atoms with Crippen LogP contribution in [0.2, 0.25) is 0 Å². The van der Waals surface area contributed by atoms with E-state index < -0.39 is 0 Å². The minimum atomic E-state index is -0.0734. The van der Waals surface area contributed by atoms with Crippen molar-refractivity contribution in [2.24, 2.45) is 0 Å². The van der Waals surface area contributed by atoms with Gasteiger partial charge < -0.3 is 10.6 Å². The van der Waals surface area contributed by atoms with Crippen LogP contribution in [0, 0.1) is 6.92 Å². The number of amides is 2. The normalized spacial score (nSPS) is 10.7. The second-order valence-corrected chi connectivity index (χ2v) is 6.07. The van der Waals surface area contributed by atoms with E-state index in [9.17, 15) is 9.59 Å². The molecule has 0 saturated heterocycles. The van der Waals surface area contributed by atoms with Gasteiger partial charge in [0.2, 0.25) is 11.8 Å². The van der Waals surface area contributed by atoms with E-state index in [1.165, 1.54) is 0 Å². The second-order valence-electron chi connectivity index (χ2n) is 6.07. The first-order valence-electron chi connectivity index (χ1n) is 8.89. The van der Waals surface area contributed by atoms with Crippen LogP contribution in [0.5, 0.6) is 0 Å². The molecule has 1 aromatic carbocycles. The average Bonchev–Trinajstić information content (AvgIpc) is 2.55. The number of hydrogen-bond acceptors (Lipinski definition) is 3. The molecule has 2 amide bonds. The maximum atomic E-state index is 12.4. The Kier molecular flexibility index (Phi) is 9.08. The third-order valence-electron chi connectivity index (χ3n) is 3.85. The van der Waals surface area contributed by atoms with Gasteiger partial charge >= 0.3 is 0 Å². The largest absolute Gasteiger partial charge is 0.355 e. The minimum absolute atomic E-state index is 0.0248. The smallest absolute Gasteiger partial charge is 0.238 e. The van der Waals surface area contributed by atoms with Crippen molar-refractivity contribution in [1.29, 1.82) is 0 Å². The Balaban J connectivity index is 2.67. The van der Waals surface area contributed by atoms with Gasteiger partial charge in [-0.1, -0.05) is 39.0 Å². The van der Waals surface area contributed by atoms with E-state index in [4.69, 9.17) is 0 Å². The predicted octanol–water partition coefficient (Wildman–Crippen LogP) is 2.73. The molecule has 0 atom stereocenters. The molecule has 134 valence electrons. The summed E-state index contributed by atoms with van der Waals surface area (Å²) >= 11 is 0. The molecule has 0 unspecified atom stereocenters. The van der Waals surface area contributed by atoms with Gasteiger partial charge in [-0.2, -0.15) is 0 Å². The Hall–Kier alpha value is -1.88. The molecule has 0 spiro atoms. The van der Waals surface area contributed by atoms with Gasteiger partial charge in [-0.15, -0.1) is 0 Å². The molecule has 0 radical (unpaired) electrons. The van der Waals surface area contributed by atoms with Crippen molar-refractivity contribution in [2.75, 3.05) is 31.5 Å². The molecule has 0 aliphatic rings. The van der Waals surface area contributed by atoms with Crippen LogP contribution in [-0.4, -0.2) is 42.9 Å². The van der Waals surface area contributed by atoms with Gasteiger partial charge in [0.15, 0.2) is 0 Å². The third-order valence-corrected chi connectivity index (χ3v) is 3.85. The molecule has 1 rings (SSSR count). The zero-order valence-electron chi connectivity index (χ0n) is 15.4. The van der Waals surface area contributed by atoms with Crippen molar-refractivity contribution in [1.82, 2.24) is 10.2 Å². The average molecular weight is 333 g/mol. The highest BCUT2D eigenvalue weighted by molar-refractivity contribution is 5.94. The number of carbonyl (C=O) groups is 2. The summed E-state index contributed by atoms with van der Waals surface area (Å²) in [5.74, 6) is -0.0982. The van der Waals surface area contributed by atoms with E-state index in [2.05, 4.69) is 17.6 Å². The van der Waals surface area contributed by atoms with Crippen LogP contribution in [0.1, 0.15) is 44.7 Å². The zero-order chi connectivity index (χ0) is 17.9. The Morgan fingerprint density at radius 3 is 2.38 bits per heavy atom. The number of rotatable bonds is 10. The number of hydrogen-bond donors (Lipinski definition) is 2. The molecule has 0 aromatic heterocycles. The lowest BCUT2D eigenvalue weighted by Gasteiger charge is -2.21. The maximum absolute atomic E-state index is 12.4. The van der Waals surface area contributed by atoms with Gasteiger partial charge in [0.25, 0.3) is 0 Å². The number of anilines is 1. The molecule has 24 heavy (non-hydrogen) atoms. The van der Waals surface area contributed by atoms with Gasteiger partial charge in [-0.25, -0.2) is 0 Å². The maximum Gasteiger partial charge on any atom is 0.238 e. The van der Waals surface area contributed by atoms with Gasteiger partial charge in [-0.3, -0.25) is 14.5 Å². The van der Waals surface area contributed by atoms with Crippen LogP contribution in [0.25, 0.3) is 0 Å². The van der Waals surface area contributed by atoms with Crippen LogP contribution in [0.3, 0.4) is 0 Å². The first-order chi connectivity index (χ1) is 11.5. The molecule has 0 aliphatic heterocycles. The van der Waals surface area contributed by atoms with E-state index in [1.54, 1.807) is 0 Å². The lowest BCUT2D eigenvalue weighted by Crippen LogP contribution is -2.41. The van der Waals surface area contributed by atoms with Gasteiger partial charge in [0.05, 0.1) is 13.1 Å². The van der Waals surface area contributed by atoms with Crippen molar-refractivity contribution in [3.8, 4) is 0 Å². The van der Waals surface area contributed by atoms with E-state index in [0.29, 0.717) is 6.54 Å². The fourth-order valence-corrected chi connectivity index (χ4v) is 2.64. The first-order valence-corrected chi connectivity index (χ1v) is 8.89. The second kappa shape index (κ2) is 10.8. The predicted molar refractivity (Wildman–Crippen MR) is 99.2 cm³/mol. The highest BCUT2D eigenvalue weighted by Gasteiger charge is 2.15. The van der Waals surface area contributed by atoms with Gasteiger partial charge in [0, 0.05) is 12.2 Å². The summed E-state index contributed by atoms with van der Waals surface area (Å²) in [5, 5.41) is 5.88. The highest BCUT2D eigenvalue weighted by Crippen LogP contribution is 2.20. The van der Waals surface area contributed by atoms with E-state index in [1.807, 2.05) is 43.9 Å². The van der Waals surface area contributed by atoms with Crippen LogP contribution in [0.4, 0.5) is 5.69 Å². The lowest BCUT2D eigenvalue weighted by atomic mass is 10.1. The number of benzene rings is 1. The third kappa shape index (κ3) is 6.71. The minimum Gasteiger partial charge on any atom is -0.355 e. The summed E-state index contributed by atoms with van der Waals surface area (Å²) in [7, 11) is 0. The molecular formula is C19H31N3O2. The van der Waals surface area contributed by atoms with Gasteiger partial charge in [-0.05, 0) is 43.9 Å². The molecule has 0 fully saturated rings. The summed E-state index contributed by atoms with van der Waals surface area (Å²) in [6, 6.07) is 6.03. The summed E-state index contributed by atoms with van der Waals surface area (Å²) in [6.45, 7) is 10.0. The quantitative estimate of drug-likeness (QED) is 0.692. The highest BCUT2D eigenvalue weighted by atomic mass is 16.2. The summed E-state index contributed by atoms with van der Waals surface area (Å²) < 4.78 is 0. The number of nitrogens with zero attached hydrogens (tertiary/aromatic N) is 1. The van der Waals surface area contributed by atoms with Crippen LogP contribution >= 0.6 is 0 Å². The van der Waals surface area contributed by atoms with Gasteiger partial charge in [0.1, 0.15) is 0 Å². The van der Waals surface area contributed by atoms with E-state index in [0.717, 1.165) is 42.6 Å². The Morgan fingerprint density at radius 2 is 1.75 bits per heavy atom. The molecule has 1 aromatic rings. The standard InChI is InChI=1S/C19H31N3O2/c1-5-11-20-17(23)13-22(12-6-2)14-18(24)21-19-15(4)9-8-10-16(19)7-3/h8-10H,5-7,11-14H2,1-4H3,(H,20,23)(H,21,24). The monoisotopic (exact) mass is 333 g/mol. The summed E-state index contributed by atoms with van der Waals surface area (Å²) in [5.41, 5.74) is 3.09. The molecule has 5 nitrogen and oxygen atoms in total. The summed E-state index contributed by atoms with van der Waals surface area (Å²) in [4.78, 5) is 26.2. The fraction of sp³-hybridized carbons (Fsp3) is 0.579. The van der Waals surface area contributed by atoms with Crippen molar-refractivity contribution in [2.45, 2.75) is 47.0 Å². The number of nitrogens with one attached hydrogen (secondary N) is 2. The van der Waals surface area contributed by atoms with Crippen molar-refractivity contribution in [3.05, 3.63) is 29.3 Å². The number of carbonyl (C=O) groups excluding carboxylic acids is 2. The topological polar surface area (TPSA) is 61.4 Å². The van der Waals surface area contributed by atoms with Crippen LogP contribution < -0.4 is 10.6 Å². The Morgan fingerprint density at radius 1 is 1.04 bits per heavy atom. The summed E-state index contributed by atoms with van der Waals surface area (Å²) in [6.07, 6.45) is 2.68. The molecule has 0 heterocycles. The van der Waals surface area contributed by atoms with Crippen molar-refractivity contribution < 1.29 is 9.59 Å². The Bertz CT molecular complexity index is 543. The van der Waals surface area contributed by atoms with Crippen molar-refractivity contribution >= 4 is 17.5 Å². The lowest BCUT2D eigenvalue weighted by molar-refractivity contribution is -0.123. The zero-order valence-corrected chi connectivity index (χ0v) is 15.4. The van der Waals surface area contributed by atoms with Crippen LogP contribution in [0.15, 0.2) is 18.2 Å². The fourth-order valence-electron chi connectivity index (χ4n) is 2.64. The number of para-hydroxylation sites is 1. The Labute approximate surface area is 145 Å². The molecule has 0 saturated carbocycles. The number of aryl methyl sites for hydroxylation is 2. The molecule has 2 N–H and O–H groups in total. The molecular weight excluding hydrogens is 302 g/mol.